The van der Waals surface area contributed by atoms with Crippen LogP contribution in [-0.2, 0) is 6.42 Å². The summed E-state index contributed by atoms with van der Waals surface area (Å²) in [6.45, 7) is 10.5. The van der Waals surface area contributed by atoms with E-state index in [2.05, 4.69) is 45.9 Å². The maximum absolute atomic E-state index is 9.80. The topological polar surface area (TPSA) is 20.2 Å². The quantitative estimate of drug-likeness (QED) is 0.823. The zero-order valence-electron chi connectivity index (χ0n) is 11.1. The van der Waals surface area contributed by atoms with E-state index in [4.69, 9.17) is 0 Å². The predicted molar refractivity (Wildman–Crippen MR) is 69.6 cm³/mol. The van der Waals surface area contributed by atoms with Gasteiger partial charge in [0.25, 0.3) is 0 Å². The molecule has 0 radical (unpaired) electrons. The first-order chi connectivity index (χ1) is 7.41. The molecule has 90 valence electrons. The SMILES string of the molecule is Cc1ccc(C)c(CC(C(C)C)C(C)O)c1. The van der Waals surface area contributed by atoms with E-state index in [0.717, 1.165) is 6.42 Å². The Balaban J connectivity index is 2.89. The number of rotatable bonds is 4. The minimum atomic E-state index is -0.236. The van der Waals surface area contributed by atoms with E-state index < -0.39 is 0 Å². The van der Waals surface area contributed by atoms with Crippen molar-refractivity contribution in [3.05, 3.63) is 34.9 Å². The number of hydrogen-bond donors (Lipinski definition) is 1. The van der Waals surface area contributed by atoms with Gasteiger partial charge in [0.2, 0.25) is 0 Å². The Morgan fingerprint density at radius 1 is 1.12 bits per heavy atom. The molecule has 0 aliphatic carbocycles. The van der Waals surface area contributed by atoms with E-state index in [9.17, 15) is 5.11 Å². The molecule has 1 heteroatoms. The van der Waals surface area contributed by atoms with Gasteiger partial charge in [-0.05, 0) is 50.2 Å². The van der Waals surface area contributed by atoms with Gasteiger partial charge >= 0.3 is 0 Å². The number of aliphatic hydroxyl groups excluding tert-OH is 1. The highest BCUT2D eigenvalue weighted by Gasteiger charge is 2.20. The molecule has 1 aromatic rings. The zero-order valence-corrected chi connectivity index (χ0v) is 11.1. The normalized spacial score (nSPS) is 15.2. The van der Waals surface area contributed by atoms with Crippen molar-refractivity contribution in [1.82, 2.24) is 0 Å². The van der Waals surface area contributed by atoms with E-state index in [1.165, 1.54) is 16.7 Å². The molecule has 0 saturated carbocycles. The summed E-state index contributed by atoms with van der Waals surface area (Å²) in [5.74, 6) is 0.861. The Labute approximate surface area is 99.5 Å². The van der Waals surface area contributed by atoms with Gasteiger partial charge < -0.3 is 5.11 Å². The van der Waals surface area contributed by atoms with E-state index in [-0.39, 0.29) is 6.10 Å². The van der Waals surface area contributed by atoms with Crippen LogP contribution in [0.2, 0.25) is 0 Å². The predicted octanol–water partition coefficient (Wildman–Crippen LogP) is 3.50. The highest BCUT2D eigenvalue weighted by molar-refractivity contribution is 5.30. The molecule has 0 amide bonds. The molecule has 16 heavy (non-hydrogen) atoms. The molecule has 0 aliphatic rings. The number of benzene rings is 1. The molecule has 2 atom stereocenters. The van der Waals surface area contributed by atoms with Crippen LogP contribution in [0.15, 0.2) is 18.2 Å². The smallest absolute Gasteiger partial charge is 0.0545 e. The fraction of sp³-hybridized carbons (Fsp3) is 0.600. The van der Waals surface area contributed by atoms with Crippen LogP contribution in [-0.4, -0.2) is 11.2 Å². The summed E-state index contributed by atoms with van der Waals surface area (Å²) in [7, 11) is 0. The lowest BCUT2D eigenvalue weighted by Gasteiger charge is -2.24. The third-order valence-electron chi connectivity index (χ3n) is 3.44. The molecule has 1 rings (SSSR count). The summed E-state index contributed by atoms with van der Waals surface area (Å²) in [5.41, 5.74) is 4.00. The average Bonchev–Trinajstić information content (AvgIpc) is 2.18. The van der Waals surface area contributed by atoms with Crippen LogP contribution in [0.3, 0.4) is 0 Å². The fourth-order valence-electron chi connectivity index (χ4n) is 2.24. The molecular formula is C15H24O. The first-order valence-electron chi connectivity index (χ1n) is 6.16. The maximum Gasteiger partial charge on any atom is 0.0545 e. The van der Waals surface area contributed by atoms with Gasteiger partial charge in [-0.15, -0.1) is 0 Å². The monoisotopic (exact) mass is 220 g/mol. The van der Waals surface area contributed by atoms with Crippen molar-refractivity contribution < 1.29 is 5.11 Å². The van der Waals surface area contributed by atoms with Gasteiger partial charge in [0.15, 0.2) is 0 Å². The summed E-state index contributed by atoms with van der Waals surface area (Å²) in [5, 5.41) is 9.80. The fourth-order valence-corrected chi connectivity index (χ4v) is 2.24. The van der Waals surface area contributed by atoms with Crippen molar-refractivity contribution >= 4 is 0 Å². The largest absolute Gasteiger partial charge is 0.393 e. The van der Waals surface area contributed by atoms with Crippen LogP contribution in [0, 0.1) is 25.7 Å². The number of aryl methyl sites for hydroxylation is 2. The zero-order chi connectivity index (χ0) is 12.3. The molecule has 0 heterocycles. The summed E-state index contributed by atoms with van der Waals surface area (Å²) in [6, 6.07) is 6.56. The van der Waals surface area contributed by atoms with Crippen LogP contribution in [0.4, 0.5) is 0 Å². The van der Waals surface area contributed by atoms with Crippen LogP contribution in [0.25, 0.3) is 0 Å². The van der Waals surface area contributed by atoms with Crippen molar-refractivity contribution in [2.24, 2.45) is 11.8 Å². The Hall–Kier alpha value is -0.820. The van der Waals surface area contributed by atoms with Gasteiger partial charge in [-0.2, -0.15) is 0 Å². The van der Waals surface area contributed by atoms with E-state index in [1.54, 1.807) is 0 Å². The van der Waals surface area contributed by atoms with Gasteiger partial charge in [-0.1, -0.05) is 37.6 Å². The number of hydrogen-bond acceptors (Lipinski definition) is 1. The molecule has 0 aliphatic heterocycles. The minimum Gasteiger partial charge on any atom is -0.393 e. The third kappa shape index (κ3) is 3.34. The lowest BCUT2D eigenvalue weighted by atomic mass is 9.84. The van der Waals surface area contributed by atoms with E-state index >= 15 is 0 Å². The summed E-state index contributed by atoms with van der Waals surface area (Å²) in [4.78, 5) is 0. The van der Waals surface area contributed by atoms with Crippen LogP contribution < -0.4 is 0 Å². The van der Waals surface area contributed by atoms with Gasteiger partial charge in [-0.25, -0.2) is 0 Å². The summed E-state index contributed by atoms with van der Waals surface area (Å²) < 4.78 is 0. The molecule has 2 unspecified atom stereocenters. The average molecular weight is 220 g/mol. The Kier molecular flexibility index (Phi) is 4.55. The van der Waals surface area contributed by atoms with Gasteiger partial charge in [0.1, 0.15) is 0 Å². The van der Waals surface area contributed by atoms with Gasteiger partial charge in [-0.3, -0.25) is 0 Å². The molecule has 1 nitrogen and oxygen atoms in total. The van der Waals surface area contributed by atoms with Crippen molar-refractivity contribution in [2.75, 3.05) is 0 Å². The molecule has 0 bridgehead atoms. The van der Waals surface area contributed by atoms with Gasteiger partial charge in [0.05, 0.1) is 6.10 Å². The Bertz CT molecular complexity index is 331. The first kappa shape index (κ1) is 13.2. The third-order valence-corrected chi connectivity index (χ3v) is 3.44. The van der Waals surface area contributed by atoms with Gasteiger partial charge in [0, 0.05) is 0 Å². The van der Waals surface area contributed by atoms with Crippen molar-refractivity contribution in [2.45, 2.75) is 47.1 Å². The molecule has 0 saturated heterocycles. The van der Waals surface area contributed by atoms with Crippen molar-refractivity contribution in [3.8, 4) is 0 Å². The van der Waals surface area contributed by atoms with E-state index in [1.807, 2.05) is 6.92 Å². The first-order valence-corrected chi connectivity index (χ1v) is 6.16. The second kappa shape index (κ2) is 5.49. The van der Waals surface area contributed by atoms with E-state index in [0.29, 0.717) is 11.8 Å². The molecule has 0 spiro atoms. The van der Waals surface area contributed by atoms with Crippen LogP contribution in [0.5, 0.6) is 0 Å². The molecule has 1 aromatic carbocycles. The van der Waals surface area contributed by atoms with Crippen LogP contribution >= 0.6 is 0 Å². The van der Waals surface area contributed by atoms with Crippen molar-refractivity contribution in [1.29, 1.82) is 0 Å². The standard InChI is InChI=1S/C15H24O/c1-10(2)15(13(5)16)9-14-8-11(3)6-7-12(14)4/h6-8,10,13,15-16H,9H2,1-5H3. The van der Waals surface area contributed by atoms with Crippen LogP contribution in [0.1, 0.15) is 37.5 Å². The lowest BCUT2D eigenvalue weighted by Crippen LogP contribution is -2.24. The molecule has 0 aromatic heterocycles. The molecule has 1 N–H and O–H groups in total. The second-order valence-electron chi connectivity index (χ2n) is 5.28. The van der Waals surface area contributed by atoms with Crippen molar-refractivity contribution in [3.63, 3.8) is 0 Å². The molecule has 0 fully saturated rings. The minimum absolute atomic E-state index is 0.236. The maximum atomic E-state index is 9.80. The molecular weight excluding hydrogens is 196 g/mol. The lowest BCUT2D eigenvalue weighted by molar-refractivity contribution is 0.0976. The highest BCUT2D eigenvalue weighted by atomic mass is 16.3. The number of aliphatic hydroxyl groups is 1. The summed E-state index contributed by atoms with van der Waals surface area (Å²) >= 11 is 0. The highest BCUT2D eigenvalue weighted by Crippen LogP contribution is 2.23. The summed E-state index contributed by atoms with van der Waals surface area (Å²) in [6.07, 6.45) is 0.739. The second-order valence-corrected chi connectivity index (χ2v) is 5.28. The Morgan fingerprint density at radius 2 is 1.75 bits per heavy atom. The Morgan fingerprint density at radius 3 is 2.25 bits per heavy atom.